The lowest BCUT2D eigenvalue weighted by Gasteiger charge is -2.08. The highest BCUT2D eigenvalue weighted by Gasteiger charge is 2.15. The molecule has 0 aliphatic rings. The van der Waals surface area contributed by atoms with Gasteiger partial charge in [0.05, 0.1) is 18.9 Å². The number of ketones is 1. The summed E-state index contributed by atoms with van der Waals surface area (Å²) >= 11 is 0. The van der Waals surface area contributed by atoms with Crippen LogP contribution < -0.4 is 4.74 Å². The quantitative estimate of drug-likeness (QED) is 0.757. The molecule has 0 unspecified atom stereocenters. The Balaban J connectivity index is 2.48. The van der Waals surface area contributed by atoms with E-state index in [2.05, 4.69) is 4.98 Å². The first-order valence-electron chi connectivity index (χ1n) is 5.32. The molecule has 0 aliphatic heterocycles. The van der Waals surface area contributed by atoms with Crippen LogP contribution in [-0.4, -0.2) is 17.9 Å². The molecule has 0 radical (unpaired) electrons. The second-order valence-corrected chi connectivity index (χ2v) is 3.72. The molecule has 3 nitrogen and oxygen atoms in total. The summed E-state index contributed by atoms with van der Waals surface area (Å²) in [7, 11) is 1.53. The number of aromatic nitrogens is 1. The molecule has 86 valence electrons. The first-order valence-corrected chi connectivity index (χ1v) is 5.32. The second kappa shape index (κ2) is 4.78. The van der Waals surface area contributed by atoms with E-state index in [1.54, 1.807) is 18.5 Å². The highest BCUT2D eigenvalue weighted by atomic mass is 16.5. The van der Waals surface area contributed by atoms with Crippen LogP contribution >= 0.6 is 0 Å². The highest BCUT2D eigenvalue weighted by Crippen LogP contribution is 2.21. The molecule has 2 rings (SSSR count). The summed E-state index contributed by atoms with van der Waals surface area (Å²) in [5.41, 5.74) is 2.19. The number of benzene rings is 1. The third-order valence-electron chi connectivity index (χ3n) is 2.64. The van der Waals surface area contributed by atoms with Crippen molar-refractivity contribution in [2.75, 3.05) is 7.11 Å². The van der Waals surface area contributed by atoms with Gasteiger partial charge in [0.15, 0.2) is 5.78 Å². The Bertz CT molecular complexity index is 549. The molecule has 0 N–H and O–H groups in total. The average molecular weight is 227 g/mol. The van der Waals surface area contributed by atoms with Crippen LogP contribution in [0.4, 0.5) is 0 Å². The standard InChI is InChI=1S/C14H13NO2/c1-10-5-3-4-6-11(10)14(16)12-7-8-15-9-13(12)17-2/h3-9H,1-2H3. The Kier molecular flexibility index (Phi) is 3.19. The molecule has 1 heterocycles. The van der Waals surface area contributed by atoms with E-state index in [0.717, 1.165) is 5.56 Å². The zero-order valence-electron chi connectivity index (χ0n) is 9.81. The maximum absolute atomic E-state index is 12.3. The van der Waals surface area contributed by atoms with Crippen LogP contribution in [0, 0.1) is 6.92 Å². The van der Waals surface area contributed by atoms with Crippen molar-refractivity contribution < 1.29 is 9.53 Å². The molecular weight excluding hydrogens is 214 g/mol. The number of nitrogens with zero attached hydrogens (tertiary/aromatic N) is 1. The van der Waals surface area contributed by atoms with Crippen LogP contribution in [0.5, 0.6) is 5.75 Å². The summed E-state index contributed by atoms with van der Waals surface area (Å²) in [5.74, 6) is 0.461. The van der Waals surface area contributed by atoms with Crippen molar-refractivity contribution in [3.8, 4) is 5.75 Å². The summed E-state index contributed by atoms with van der Waals surface area (Å²) in [4.78, 5) is 16.3. The van der Waals surface area contributed by atoms with Crippen LogP contribution in [0.25, 0.3) is 0 Å². The molecule has 0 saturated heterocycles. The Hall–Kier alpha value is -2.16. The van der Waals surface area contributed by atoms with Crippen LogP contribution in [0.3, 0.4) is 0 Å². The lowest BCUT2D eigenvalue weighted by Crippen LogP contribution is -2.05. The van der Waals surface area contributed by atoms with E-state index in [1.807, 2.05) is 31.2 Å². The van der Waals surface area contributed by atoms with E-state index >= 15 is 0 Å². The molecule has 1 aromatic heterocycles. The lowest BCUT2D eigenvalue weighted by molar-refractivity contribution is 0.103. The van der Waals surface area contributed by atoms with Gasteiger partial charge in [-0.05, 0) is 18.6 Å². The van der Waals surface area contributed by atoms with Gasteiger partial charge in [-0.3, -0.25) is 9.78 Å². The van der Waals surface area contributed by atoms with Crippen LogP contribution in [0.15, 0.2) is 42.7 Å². The van der Waals surface area contributed by atoms with Crippen molar-refractivity contribution in [1.82, 2.24) is 4.98 Å². The topological polar surface area (TPSA) is 39.2 Å². The van der Waals surface area contributed by atoms with E-state index in [0.29, 0.717) is 16.9 Å². The SMILES string of the molecule is COc1cnccc1C(=O)c1ccccc1C. The van der Waals surface area contributed by atoms with Gasteiger partial charge in [-0.2, -0.15) is 0 Å². The summed E-state index contributed by atoms with van der Waals surface area (Å²) in [6.45, 7) is 1.92. The van der Waals surface area contributed by atoms with Gasteiger partial charge in [-0.1, -0.05) is 24.3 Å². The molecule has 2 aromatic rings. The summed E-state index contributed by atoms with van der Waals surface area (Å²) in [6.07, 6.45) is 3.14. The molecule has 0 fully saturated rings. The van der Waals surface area contributed by atoms with Crippen LogP contribution in [-0.2, 0) is 0 Å². The third kappa shape index (κ3) is 2.18. The van der Waals surface area contributed by atoms with Gasteiger partial charge in [0.2, 0.25) is 0 Å². The maximum Gasteiger partial charge on any atom is 0.197 e. The molecule has 0 bridgehead atoms. The van der Waals surface area contributed by atoms with Crippen molar-refractivity contribution in [3.05, 3.63) is 59.4 Å². The smallest absolute Gasteiger partial charge is 0.197 e. The van der Waals surface area contributed by atoms with Gasteiger partial charge < -0.3 is 4.74 Å². The van der Waals surface area contributed by atoms with Crippen molar-refractivity contribution in [2.24, 2.45) is 0 Å². The van der Waals surface area contributed by atoms with Crippen molar-refractivity contribution >= 4 is 5.78 Å². The van der Waals surface area contributed by atoms with Gasteiger partial charge in [-0.25, -0.2) is 0 Å². The minimum absolute atomic E-state index is 0.0395. The summed E-state index contributed by atoms with van der Waals surface area (Å²) < 4.78 is 5.14. The Labute approximate surface area is 100 Å². The predicted molar refractivity (Wildman–Crippen MR) is 65.4 cm³/mol. The maximum atomic E-state index is 12.3. The number of hydrogen-bond donors (Lipinski definition) is 0. The number of hydrogen-bond acceptors (Lipinski definition) is 3. The van der Waals surface area contributed by atoms with E-state index in [-0.39, 0.29) is 5.78 Å². The number of carbonyl (C=O) groups excluding carboxylic acids is 1. The first kappa shape index (κ1) is 11.3. The zero-order chi connectivity index (χ0) is 12.3. The lowest BCUT2D eigenvalue weighted by atomic mass is 9.99. The van der Waals surface area contributed by atoms with Gasteiger partial charge in [0, 0.05) is 11.8 Å². The summed E-state index contributed by atoms with van der Waals surface area (Å²) in [5, 5.41) is 0. The number of aryl methyl sites for hydroxylation is 1. The van der Waals surface area contributed by atoms with Gasteiger partial charge in [0.25, 0.3) is 0 Å². The molecule has 17 heavy (non-hydrogen) atoms. The fourth-order valence-corrected chi connectivity index (χ4v) is 1.70. The van der Waals surface area contributed by atoms with Gasteiger partial charge in [-0.15, -0.1) is 0 Å². The predicted octanol–water partition coefficient (Wildman–Crippen LogP) is 2.63. The molecule has 0 atom stereocenters. The molecule has 1 aromatic carbocycles. The van der Waals surface area contributed by atoms with Crippen molar-refractivity contribution in [3.63, 3.8) is 0 Å². The Morgan fingerprint density at radius 2 is 1.94 bits per heavy atom. The summed E-state index contributed by atoms with van der Waals surface area (Å²) in [6, 6.07) is 9.18. The van der Waals surface area contributed by atoms with E-state index in [1.165, 1.54) is 7.11 Å². The molecule has 0 spiro atoms. The minimum Gasteiger partial charge on any atom is -0.494 e. The normalized spacial score (nSPS) is 10.0. The number of methoxy groups -OCH3 is 1. The van der Waals surface area contributed by atoms with Crippen LogP contribution in [0.1, 0.15) is 21.5 Å². The highest BCUT2D eigenvalue weighted by molar-refractivity contribution is 6.11. The number of rotatable bonds is 3. The average Bonchev–Trinajstić information content (AvgIpc) is 2.38. The molecule has 0 amide bonds. The minimum atomic E-state index is -0.0395. The van der Waals surface area contributed by atoms with E-state index in [4.69, 9.17) is 4.74 Å². The van der Waals surface area contributed by atoms with Crippen molar-refractivity contribution in [1.29, 1.82) is 0 Å². The number of ether oxygens (including phenoxy) is 1. The fraction of sp³-hybridized carbons (Fsp3) is 0.143. The Morgan fingerprint density at radius 3 is 2.65 bits per heavy atom. The van der Waals surface area contributed by atoms with Crippen LogP contribution in [0.2, 0.25) is 0 Å². The largest absolute Gasteiger partial charge is 0.494 e. The number of carbonyl (C=O) groups is 1. The number of pyridine rings is 1. The van der Waals surface area contributed by atoms with E-state index < -0.39 is 0 Å². The van der Waals surface area contributed by atoms with E-state index in [9.17, 15) is 4.79 Å². The monoisotopic (exact) mass is 227 g/mol. The molecule has 3 heteroatoms. The Morgan fingerprint density at radius 1 is 1.18 bits per heavy atom. The molecule has 0 saturated carbocycles. The first-order chi connectivity index (χ1) is 8.24. The third-order valence-corrected chi connectivity index (χ3v) is 2.64. The van der Waals surface area contributed by atoms with Gasteiger partial charge >= 0.3 is 0 Å². The fourth-order valence-electron chi connectivity index (χ4n) is 1.70. The second-order valence-electron chi connectivity index (χ2n) is 3.72. The van der Waals surface area contributed by atoms with Gasteiger partial charge in [0.1, 0.15) is 5.75 Å². The zero-order valence-corrected chi connectivity index (χ0v) is 9.81. The molecular formula is C14H13NO2. The molecule has 0 aliphatic carbocycles. The van der Waals surface area contributed by atoms with Crippen molar-refractivity contribution in [2.45, 2.75) is 6.92 Å².